The third-order valence-electron chi connectivity index (χ3n) is 3.27. The molecule has 0 bridgehead atoms. The number of allylic oxidation sites excluding steroid dienone is 1. The Kier molecular flexibility index (Phi) is 4.55. The first-order valence-corrected chi connectivity index (χ1v) is 7.09. The van der Waals surface area contributed by atoms with Crippen LogP contribution in [-0.4, -0.2) is 29.1 Å². The van der Waals surface area contributed by atoms with Crippen LogP contribution in [0.2, 0.25) is 0 Å². The third-order valence-corrected chi connectivity index (χ3v) is 3.88. The number of benzene rings is 1. The van der Waals surface area contributed by atoms with Crippen LogP contribution < -0.4 is 10.6 Å². The first-order chi connectivity index (χ1) is 10.8. The van der Waals surface area contributed by atoms with Crippen molar-refractivity contribution in [2.45, 2.75) is 13.0 Å². The first-order valence-electron chi connectivity index (χ1n) is 6.29. The predicted octanol–water partition coefficient (Wildman–Crippen LogP) is 1.86. The van der Waals surface area contributed by atoms with E-state index >= 15 is 0 Å². The van der Waals surface area contributed by atoms with Crippen LogP contribution in [0.4, 0.5) is 10.5 Å². The van der Waals surface area contributed by atoms with Crippen LogP contribution in [-0.2, 0) is 9.53 Å². The summed E-state index contributed by atoms with van der Waals surface area (Å²) in [6, 6.07) is 0.512. The van der Waals surface area contributed by atoms with Gasteiger partial charge in [0, 0.05) is 23.4 Å². The lowest BCUT2D eigenvalue weighted by Gasteiger charge is -2.28. The van der Waals surface area contributed by atoms with E-state index in [1.165, 1.54) is 14.0 Å². The average molecular weight is 386 g/mol. The molecule has 1 aliphatic heterocycles. The molecule has 0 spiro atoms. The molecule has 1 aromatic rings. The molecular formula is C13H12BrN3O6. The van der Waals surface area contributed by atoms with Crippen LogP contribution in [0.5, 0.6) is 5.75 Å². The van der Waals surface area contributed by atoms with Crippen molar-refractivity contribution in [1.29, 1.82) is 0 Å². The van der Waals surface area contributed by atoms with E-state index in [4.69, 9.17) is 0 Å². The number of nitrogens with zero attached hydrogens (tertiary/aromatic N) is 1. The number of phenols is 1. The number of nitro benzene ring substituents is 1. The van der Waals surface area contributed by atoms with Crippen LogP contribution in [0.3, 0.4) is 0 Å². The highest BCUT2D eigenvalue weighted by Gasteiger charge is 2.35. The molecule has 0 aliphatic carbocycles. The molecule has 0 saturated heterocycles. The quantitative estimate of drug-likeness (QED) is 0.413. The molecule has 10 heteroatoms. The summed E-state index contributed by atoms with van der Waals surface area (Å²) in [5, 5.41) is 26.1. The van der Waals surface area contributed by atoms with Gasteiger partial charge in [0.2, 0.25) is 0 Å². The molecule has 2 amide bonds. The largest absolute Gasteiger partial charge is 0.506 e. The lowest BCUT2D eigenvalue weighted by molar-refractivity contribution is -0.385. The molecule has 3 N–H and O–H groups in total. The minimum absolute atomic E-state index is 0.000625. The number of carbonyl (C=O) groups is 2. The molecule has 2 rings (SSSR count). The van der Waals surface area contributed by atoms with Gasteiger partial charge in [0.25, 0.3) is 5.69 Å². The number of urea groups is 1. The van der Waals surface area contributed by atoms with Crippen molar-refractivity contribution in [2.24, 2.45) is 0 Å². The Hall–Kier alpha value is -2.62. The molecule has 0 saturated carbocycles. The van der Waals surface area contributed by atoms with Gasteiger partial charge in [-0.3, -0.25) is 10.1 Å². The molecule has 0 aromatic heterocycles. The van der Waals surface area contributed by atoms with Gasteiger partial charge in [0.05, 0.1) is 28.1 Å². The lowest BCUT2D eigenvalue weighted by atomic mass is 9.94. The molecule has 1 aliphatic rings. The summed E-state index contributed by atoms with van der Waals surface area (Å²) in [6.07, 6.45) is 0. The number of ether oxygens (including phenoxy) is 1. The molecular weight excluding hydrogens is 374 g/mol. The van der Waals surface area contributed by atoms with Crippen molar-refractivity contribution in [3.05, 3.63) is 43.6 Å². The molecule has 0 fully saturated rings. The summed E-state index contributed by atoms with van der Waals surface area (Å²) in [5.74, 6) is -1.06. The van der Waals surface area contributed by atoms with Crippen molar-refractivity contribution in [3.63, 3.8) is 0 Å². The number of carbonyl (C=O) groups excluding carboxylic acids is 2. The van der Waals surface area contributed by atoms with E-state index in [9.17, 15) is 24.8 Å². The number of nitrogens with one attached hydrogen (secondary N) is 2. The number of phenolic OH excluding ortho intramolecular Hbond substituents is 1. The average Bonchev–Trinajstić information content (AvgIpc) is 2.48. The standard InChI is InChI=1S/C13H12BrN3O6/c1-5-9(12(19)23-2)10(16-13(20)15-5)7-3-6(17(21)22)4-8(14)11(7)18/h3-4,10,18H,1-2H3,(H2,15,16,20)/t10-/m0/s1. The zero-order valence-electron chi connectivity index (χ0n) is 12.0. The number of esters is 1. The van der Waals surface area contributed by atoms with Crippen molar-refractivity contribution in [3.8, 4) is 5.75 Å². The second-order valence-corrected chi connectivity index (χ2v) is 5.54. The normalized spacial score (nSPS) is 17.3. The van der Waals surface area contributed by atoms with Gasteiger partial charge in [0.1, 0.15) is 5.75 Å². The van der Waals surface area contributed by atoms with E-state index in [2.05, 4.69) is 31.3 Å². The Balaban J connectivity index is 2.67. The number of methoxy groups -OCH3 is 1. The van der Waals surface area contributed by atoms with E-state index in [0.717, 1.165) is 12.1 Å². The van der Waals surface area contributed by atoms with Crippen molar-refractivity contribution in [1.82, 2.24) is 10.6 Å². The molecule has 0 radical (unpaired) electrons. The van der Waals surface area contributed by atoms with Gasteiger partial charge >= 0.3 is 12.0 Å². The highest BCUT2D eigenvalue weighted by Crippen LogP contribution is 2.39. The second-order valence-electron chi connectivity index (χ2n) is 4.68. The van der Waals surface area contributed by atoms with E-state index < -0.39 is 23.0 Å². The Morgan fingerprint density at radius 2 is 2.13 bits per heavy atom. The monoisotopic (exact) mass is 385 g/mol. The highest BCUT2D eigenvalue weighted by atomic mass is 79.9. The maximum absolute atomic E-state index is 12.0. The van der Waals surface area contributed by atoms with Crippen LogP contribution >= 0.6 is 15.9 Å². The van der Waals surface area contributed by atoms with E-state index in [0.29, 0.717) is 0 Å². The SMILES string of the molecule is COC(=O)C1=C(C)NC(=O)N[C@H]1c1cc([N+](=O)[O-])cc(Br)c1O. The minimum atomic E-state index is -1.09. The smallest absolute Gasteiger partial charge is 0.337 e. The number of amides is 2. The summed E-state index contributed by atoms with van der Waals surface area (Å²) in [7, 11) is 1.17. The fourth-order valence-electron chi connectivity index (χ4n) is 2.24. The van der Waals surface area contributed by atoms with E-state index in [-0.39, 0.29) is 32.7 Å². The Labute approximate surface area is 138 Å². The summed E-state index contributed by atoms with van der Waals surface area (Å²) in [6.45, 7) is 1.49. The van der Waals surface area contributed by atoms with Crippen LogP contribution in [0.25, 0.3) is 0 Å². The Morgan fingerprint density at radius 3 is 2.70 bits per heavy atom. The van der Waals surface area contributed by atoms with Gasteiger partial charge in [-0.05, 0) is 22.9 Å². The minimum Gasteiger partial charge on any atom is -0.506 e. The number of nitro groups is 1. The third kappa shape index (κ3) is 3.11. The van der Waals surface area contributed by atoms with Gasteiger partial charge < -0.3 is 20.5 Å². The highest BCUT2D eigenvalue weighted by molar-refractivity contribution is 9.10. The van der Waals surface area contributed by atoms with Gasteiger partial charge in [-0.1, -0.05) is 0 Å². The lowest BCUT2D eigenvalue weighted by Crippen LogP contribution is -2.45. The molecule has 0 unspecified atom stereocenters. The second kappa shape index (κ2) is 6.24. The van der Waals surface area contributed by atoms with Crippen molar-refractivity contribution in [2.75, 3.05) is 7.11 Å². The predicted molar refractivity (Wildman–Crippen MR) is 81.6 cm³/mol. The van der Waals surface area contributed by atoms with E-state index in [1.54, 1.807) is 0 Å². The molecule has 1 aromatic carbocycles. The van der Waals surface area contributed by atoms with Crippen LogP contribution in [0.15, 0.2) is 27.9 Å². The number of non-ortho nitro benzene ring substituents is 1. The van der Waals surface area contributed by atoms with Crippen molar-refractivity contribution < 1.29 is 24.4 Å². The Bertz CT molecular complexity index is 745. The number of halogens is 1. The molecule has 1 heterocycles. The molecule has 1 atom stereocenters. The summed E-state index contributed by atoms with van der Waals surface area (Å²) in [4.78, 5) is 34.0. The van der Waals surface area contributed by atoms with Gasteiger partial charge in [0.15, 0.2) is 0 Å². The number of hydrogen-bond donors (Lipinski definition) is 3. The number of aromatic hydroxyl groups is 1. The van der Waals surface area contributed by atoms with E-state index in [1.807, 2.05) is 0 Å². The summed E-state index contributed by atoms with van der Waals surface area (Å²) < 4.78 is 4.75. The van der Waals surface area contributed by atoms with Crippen LogP contribution in [0, 0.1) is 10.1 Å². The topological polar surface area (TPSA) is 131 Å². The molecule has 9 nitrogen and oxygen atoms in total. The van der Waals surface area contributed by atoms with Crippen LogP contribution in [0.1, 0.15) is 18.5 Å². The summed E-state index contributed by atoms with van der Waals surface area (Å²) >= 11 is 3.02. The maximum atomic E-state index is 12.0. The van der Waals surface area contributed by atoms with Gasteiger partial charge in [-0.15, -0.1) is 0 Å². The molecule has 122 valence electrons. The number of rotatable bonds is 3. The molecule has 23 heavy (non-hydrogen) atoms. The first kappa shape index (κ1) is 16.7. The maximum Gasteiger partial charge on any atom is 0.337 e. The van der Waals surface area contributed by atoms with Gasteiger partial charge in [-0.25, -0.2) is 9.59 Å². The number of hydrogen-bond acceptors (Lipinski definition) is 6. The zero-order chi connectivity index (χ0) is 17.3. The fourth-order valence-corrected chi connectivity index (χ4v) is 2.70. The summed E-state index contributed by atoms with van der Waals surface area (Å²) in [5.41, 5.74) is -0.0394. The van der Waals surface area contributed by atoms with Gasteiger partial charge in [-0.2, -0.15) is 0 Å². The van der Waals surface area contributed by atoms with Crippen molar-refractivity contribution >= 4 is 33.6 Å². The fraction of sp³-hybridized carbons (Fsp3) is 0.231. The Morgan fingerprint density at radius 1 is 1.48 bits per heavy atom. The zero-order valence-corrected chi connectivity index (χ0v) is 13.6.